The highest BCUT2D eigenvalue weighted by Crippen LogP contribution is 2.49. The van der Waals surface area contributed by atoms with E-state index in [0.717, 1.165) is 11.1 Å². The van der Waals surface area contributed by atoms with Gasteiger partial charge in [0, 0.05) is 5.56 Å². The molecule has 0 aliphatic carbocycles. The monoisotopic (exact) mass is 569 g/mol. The zero-order valence-electron chi connectivity index (χ0n) is 23.8. The van der Waals surface area contributed by atoms with E-state index in [1.54, 1.807) is 12.1 Å². The van der Waals surface area contributed by atoms with Crippen LogP contribution in [0.5, 0.6) is 23.0 Å². The van der Waals surface area contributed by atoms with Crippen LogP contribution in [-0.2, 0) is 6.42 Å². The molecule has 11 nitrogen and oxygen atoms in total. The average Bonchev–Trinajstić information content (AvgIpc) is 3.43. The quantitative estimate of drug-likeness (QED) is 0.160. The lowest BCUT2D eigenvalue weighted by Crippen LogP contribution is -2.28. The summed E-state index contributed by atoms with van der Waals surface area (Å²) in [5, 5.41) is 21.2. The van der Waals surface area contributed by atoms with E-state index in [9.17, 15) is 15.0 Å². The van der Waals surface area contributed by atoms with E-state index in [1.807, 2.05) is 39.8 Å². The minimum atomic E-state index is -0.694. The highest BCUT2D eigenvalue weighted by molar-refractivity contribution is 6.02. The lowest BCUT2D eigenvalue weighted by molar-refractivity contribution is 0.157. The molecule has 4 heterocycles. The summed E-state index contributed by atoms with van der Waals surface area (Å²) >= 11 is 0. The van der Waals surface area contributed by atoms with E-state index in [0.29, 0.717) is 51.4 Å². The number of fused-ring (bicyclic) bond motifs is 4. The molecule has 0 spiro atoms. The van der Waals surface area contributed by atoms with Crippen LogP contribution in [0.25, 0.3) is 39.3 Å². The number of nitrogen functional groups attached to an aromatic ring is 1. The highest BCUT2D eigenvalue weighted by Gasteiger charge is 2.32. The number of ether oxygens (including phenoxy) is 2. The van der Waals surface area contributed by atoms with E-state index in [4.69, 9.17) is 19.6 Å². The van der Waals surface area contributed by atoms with Gasteiger partial charge in [0.05, 0.1) is 19.0 Å². The van der Waals surface area contributed by atoms with Crippen molar-refractivity contribution < 1.29 is 24.1 Å². The van der Waals surface area contributed by atoms with Crippen LogP contribution in [0.4, 0.5) is 5.82 Å². The SMILES string of the molecule is COc1c(CC=C(C)C)c2c(c3oc(=O)c(-c4ccc(O)cc4)c(O)c13)C=CC(C)(C)O2.Nc1ncnc2nc[nH]c12. The molecule has 6 rings (SSSR count). The van der Waals surface area contributed by atoms with Gasteiger partial charge in [-0.15, -0.1) is 0 Å². The summed E-state index contributed by atoms with van der Waals surface area (Å²) in [7, 11) is 1.52. The van der Waals surface area contributed by atoms with Crippen LogP contribution < -0.4 is 20.8 Å². The zero-order chi connectivity index (χ0) is 30.2. The lowest BCUT2D eigenvalue weighted by Gasteiger charge is -2.31. The molecule has 5 N–H and O–H groups in total. The fraction of sp³-hybridized carbons (Fsp3) is 0.226. The minimum Gasteiger partial charge on any atom is -0.508 e. The van der Waals surface area contributed by atoms with Crippen molar-refractivity contribution in [3.63, 3.8) is 0 Å². The molecule has 3 aromatic heterocycles. The normalized spacial score (nSPS) is 13.2. The number of methoxy groups -OCH3 is 1. The molecule has 11 heteroatoms. The Balaban J connectivity index is 0.000000295. The van der Waals surface area contributed by atoms with Crippen LogP contribution in [0.3, 0.4) is 0 Å². The number of hydrogen-bond donors (Lipinski definition) is 4. The molecule has 0 fully saturated rings. The van der Waals surface area contributed by atoms with Crippen molar-refractivity contribution in [1.29, 1.82) is 0 Å². The van der Waals surface area contributed by atoms with Crippen molar-refractivity contribution >= 4 is 34.0 Å². The standard InChI is InChI=1S/C26H26O6.C5H5N5/c1-14(2)6-11-17-22-18(12-13-26(3,4)32-22)24-20(23(17)30-5)21(28)19(25(29)31-24)15-7-9-16(27)10-8-15;6-4-3-5(9-1-7-3)10-2-8-4/h6-10,12-13,27-28H,11H2,1-5H3;1-2H,(H3,6,7,8,9,10). The molecule has 216 valence electrons. The molecule has 0 amide bonds. The maximum absolute atomic E-state index is 12.9. The van der Waals surface area contributed by atoms with Crippen molar-refractivity contribution in [2.24, 2.45) is 0 Å². The molecule has 1 aliphatic rings. The number of aromatic amines is 1. The van der Waals surface area contributed by atoms with Crippen molar-refractivity contribution in [3.05, 3.63) is 76.2 Å². The van der Waals surface area contributed by atoms with Gasteiger partial charge in [-0.3, -0.25) is 0 Å². The summed E-state index contributed by atoms with van der Waals surface area (Å²) in [6, 6.07) is 5.99. The van der Waals surface area contributed by atoms with Gasteiger partial charge in [-0.05, 0) is 64.0 Å². The van der Waals surface area contributed by atoms with Crippen LogP contribution in [0.1, 0.15) is 38.8 Å². The van der Waals surface area contributed by atoms with E-state index in [1.165, 1.54) is 31.9 Å². The Morgan fingerprint density at radius 1 is 1.14 bits per heavy atom. The second-order valence-electron chi connectivity index (χ2n) is 10.5. The smallest absolute Gasteiger partial charge is 0.348 e. The second kappa shape index (κ2) is 10.9. The van der Waals surface area contributed by atoms with Gasteiger partial charge in [-0.1, -0.05) is 23.8 Å². The number of phenols is 1. The van der Waals surface area contributed by atoms with Crippen molar-refractivity contribution in [2.75, 3.05) is 12.8 Å². The molecule has 0 radical (unpaired) electrons. The number of nitrogens with one attached hydrogen (secondary N) is 1. The van der Waals surface area contributed by atoms with Gasteiger partial charge < -0.3 is 34.8 Å². The number of anilines is 1. The Morgan fingerprint density at radius 2 is 1.88 bits per heavy atom. The first-order chi connectivity index (χ1) is 20.0. The third-order valence-corrected chi connectivity index (χ3v) is 6.71. The van der Waals surface area contributed by atoms with E-state index in [2.05, 4.69) is 26.0 Å². The predicted molar refractivity (Wildman–Crippen MR) is 161 cm³/mol. The molecule has 0 saturated carbocycles. The van der Waals surface area contributed by atoms with E-state index in [-0.39, 0.29) is 22.6 Å². The summed E-state index contributed by atoms with van der Waals surface area (Å²) in [4.78, 5) is 27.3. The third-order valence-electron chi connectivity index (χ3n) is 6.71. The maximum atomic E-state index is 12.9. The van der Waals surface area contributed by atoms with E-state index < -0.39 is 11.2 Å². The molecular formula is C31H31N5O6. The molecule has 2 aromatic carbocycles. The van der Waals surface area contributed by atoms with Gasteiger partial charge in [-0.25, -0.2) is 19.7 Å². The first-order valence-electron chi connectivity index (χ1n) is 13.1. The molecular weight excluding hydrogens is 538 g/mol. The number of benzene rings is 2. The summed E-state index contributed by atoms with van der Waals surface area (Å²) in [5.74, 6) is 1.21. The summed E-state index contributed by atoms with van der Waals surface area (Å²) in [6.45, 7) is 7.89. The first kappa shape index (κ1) is 28.2. The number of hydrogen-bond acceptors (Lipinski definition) is 10. The fourth-order valence-electron chi connectivity index (χ4n) is 4.68. The van der Waals surface area contributed by atoms with Crippen molar-refractivity contribution in [1.82, 2.24) is 19.9 Å². The van der Waals surface area contributed by atoms with Gasteiger partial charge >= 0.3 is 5.63 Å². The molecule has 0 saturated heterocycles. The van der Waals surface area contributed by atoms with Gasteiger partial charge in [0.2, 0.25) is 0 Å². The zero-order valence-corrected chi connectivity index (χ0v) is 23.8. The Bertz CT molecular complexity index is 1920. The minimum absolute atomic E-state index is 0.00458. The first-order valence-corrected chi connectivity index (χ1v) is 13.1. The molecule has 0 bridgehead atoms. The highest BCUT2D eigenvalue weighted by atomic mass is 16.5. The Labute approximate surface area is 241 Å². The molecule has 1 aliphatic heterocycles. The predicted octanol–water partition coefficient (Wildman–Crippen LogP) is 5.51. The van der Waals surface area contributed by atoms with Crippen molar-refractivity contribution in [2.45, 2.75) is 39.7 Å². The summed E-state index contributed by atoms with van der Waals surface area (Å²) in [5.41, 5.74) is 8.63. The van der Waals surface area contributed by atoms with Crippen LogP contribution in [-0.4, -0.2) is 42.9 Å². The van der Waals surface area contributed by atoms with E-state index >= 15 is 0 Å². The molecule has 5 aromatic rings. The number of H-pyrrole nitrogens is 1. The number of imidazole rings is 1. The number of phenolic OH excluding ortho intramolecular Hbond substituents is 1. The lowest BCUT2D eigenvalue weighted by atomic mass is 9.93. The number of aromatic hydroxyl groups is 2. The van der Waals surface area contributed by atoms with Gasteiger partial charge in [0.15, 0.2) is 17.0 Å². The largest absolute Gasteiger partial charge is 0.508 e. The van der Waals surface area contributed by atoms with Crippen molar-refractivity contribution in [3.8, 4) is 34.1 Å². The molecule has 42 heavy (non-hydrogen) atoms. The molecule has 0 atom stereocenters. The van der Waals surface area contributed by atoms with Crippen LogP contribution in [0, 0.1) is 0 Å². The van der Waals surface area contributed by atoms with Gasteiger partial charge in [0.25, 0.3) is 0 Å². The Hall–Kier alpha value is -5.32. The molecule has 0 unspecified atom stereocenters. The number of rotatable bonds is 4. The number of aromatic nitrogens is 4. The number of allylic oxidation sites excluding steroid dienone is 2. The number of nitrogens with two attached hydrogens (primary N) is 1. The van der Waals surface area contributed by atoms with Crippen LogP contribution in [0.2, 0.25) is 0 Å². The van der Waals surface area contributed by atoms with Crippen LogP contribution >= 0.6 is 0 Å². The Kier molecular flexibility index (Phi) is 7.34. The average molecular weight is 570 g/mol. The second-order valence-corrected chi connectivity index (χ2v) is 10.5. The van der Waals surface area contributed by atoms with Gasteiger partial charge in [0.1, 0.15) is 51.4 Å². The fourth-order valence-corrected chi connectivity index (χ4v) is 4.68. The maximum Gasteiger partial charge on any atom is 0.348 e. The third kappa shape index (κ3) is 5.24. The van der Waals surface area contributed by atoms with Crippen LogP contribution in [0.15, 0.2) is 63.9 Å². The summed E-state index contributed by atoms with van der Waals surface area (Å²) < 4.78 is 17.8. The number of nitrogens with zero attached hydrogens (tertiary/aromatic N) is 3. The Morgan fingerprint density at radius 3 is 2.55 bits per heavy atom. The summed E-state index contributed by atoms with van der Waals surface area (Å²) in [6.07, 6.45) is 9.23. The van der Waals surface area contributed by atoms with Gasteiger partial charge in [-0.2, -0.15) is 0 Å². The topological polar surface area (TPSA) is 170 Å².